The maximum Gasteiger partial charge on any atom is 0.0555 e. The van der Waals surface area contributed by atoms with Gasteiger partial charge in [-0.25, -0.2) is 0 Å². The van der Waals surface area contributed by atoms with Crippen molar-refractivity contribution in [1.29, 1.82) is 0 Å². The van der Waals surface area contributed by atoms with Crippen molar-refractivity contribution < 1.29 is 0 Å². The number of hydrogen-bond donors (Lipinski definition) is 2. The lowest BCUT2D eigenvalue weighted by molar-refractivity contribution is 0.425. The van der Waals surface area contributed by atoms with Gasteiger partial charge in [-0.3, -0.25) is 0 Å². The fraction of sp³-hybridized carbons (Fsp3) is 0.818. The van der Waals surface area contributed by atoms with Gasteiger partial charge >= 0.3 is 0 Å². The molecule has 2 unspecified atom stereocenters. The zero-order valence-corrected chi connectivity index (χ0v) is 9.01. The van der Waals surface area contributed by atoms with E-state index in [1.54, 1.807) is 0 Å². The number of hydrogen-bond acceptors (Lipinski definition) is 2. The minimum absolute atomic E-state index is 0.114. The Bertz CT molecular complexity index is 204. The average molecular weight is 182 g/mol. The van der Waals surface area contributed by atoms with Gasteiger partial charge in [0.1, 0.15) is 0 Å². The molecule has 1 fully saturated rings. The van der Waals surface area contributed by atoms with Gasteiger partial charge in [-0.1, -0.05) is 18.6 Å². The van der Waals surface area contributed by atoms with E-state index in [0.29, 0.717) is 11.3 Å². The normalized spacial score (nSPS) is 32.0. The summed E-state index contributed by atoms with van der Waals surface area (Å²) in [5.41, 5.74) is 13.2. The molecule has 76 valence electrons. The van der Waals surface area contributed by atoms with Crippen LogP contribution >= 0.6 is 0 Å². The van der Waals surface area contributed by atoms with E-state index < -0.39 is 0 Å². The molecule has 4 N–H and O–H groups in total. The molecule has 0 radical (unpaired) electrons. The van der Waals surface area contributed by atoms with Crippen LogP contribution in [0.4, 0.5) is 0 Å². The molecule has 0 saturated heterocycles. The monoisotopic (exact) mass is 182 g/mol. The highest BCUT2D eigenvalue weighted by molar-refractivity contribution is 5.04. The van der Waals surface area contributed by atoms with Crippen LogP contribution in [0.5, 0.6) is 0 Å². The van der Waals surface area contributed by atoms with Crippen LogP contribution in [0.3, 0.4) is 0 Å². The van der Waals surface area contributed by atoms with Gasteiger partial charge in [0, 0.05) is 0 Å². The summed E-state index contributed by atoms with van der Waals surface area (Å²) in [6, 6.07) is 0. The maximum absolute atomic E-state index is 5.67. The highest BCUT2D eigenvalue weighted by Gasteiger charge is 2.51. The molecule has 2 heteroatoms. The van der Waals surface area contributed by atoms with Crippen molar-refractivity contribution >= 4 is 0 Å². The van der Waals surface area contributed by atoms with Crippen molar-refractivity contribution in [2.75, 3.05) is 0 Å². The zero-order valence-electron chi connectivity index (χ0n) is 9.01. The Morgan fingerprint density at radius 3 is 2.54 bits per heavy atom. The molecule has 0 amide bonds. The molecule has 1 aliphatic rings. The topological polar surface area (TPSA) is 52.0 Å². The molecule has 2 nitrogen and oxygen atoms in total. The van der Waals surface area contributed by atoms with Crippen molar-refractivity contribution in [3.05, 3.63) is 11.6 Å². The first-order valence-electron chi connectivity index (χ1n) is 5.10. The summed E-state index contributed by atoms with van der Waals surface area (Å²) in [6.07, 6.45) is 5.79. The van der Waals surface area contributed by atoms with E-state index in [2.05, 4.69) is 26.8 Å². The first kappa shape index (κ1) is 10.7. The number of allylic oxidation sites excluding steroid dienone is 2. The smallest absolute Gasteiger partial charge is 0.0555 e. The van der Waals surface area contributed by atoms with E-state index in [1.807, 2.05) is 0 Å². The molecule has 0 aliphatic heterocycles. The summed E-state index contributed by atoms with van der Waals surface area (Å²) in [4.78, 5) is 0. The number of rotatable bonds is 4. The average Bonchev–Trinajstić information content (AvgIpc) is 2.62. The van der Waals surface area contributed by atoms with Crippen molar-refractivity contribution in [2.24, 2.45) is 22.8 Å². The van der Waals surface area contributed by atoms with Gasteiger partial charge in [0.15, 0.2) is 0 Å². The van der Waals surface area contributed by atoms with Crippen LogP contribution in [0.15, 0.2) is 11.6 Å². The predicted molar refractivity (Wildman–Crippen MR) is 57.0 cm³/mol. The summed E-state index contributed by atoms with van der Waals surface area (Å²) in [7, 11) is 0. The Hall–Kier alpha value is -0.340. The molecule has 1 aliphatic carbocycles. The predicted octanol–water partition coefficient (Wildman–Crippen LogP) is 2.00. The lowest BCUT2D eigenvalue weighted by Crippen LogP contribution is -2.34. The highest BCUT2D eigenvalue weighted by atomic mass is 14.9. The summed E-state index contributed by atoms with van der Waals surface area (Å²) >= 11 is 0. The van der Waals surface area contributed by atoms with Gasteiger partial charge in [-0.15, -0.1) is 0 Å². The van der Waals surface area contributed by atoms with Crippen LogP contribution in [0.25, 0.3) is 0 Å². The van der Waals surface area contributed by atoms with Crippen molar-refractivity contribution in [3.63, 3.8) is 0 Å². The molecular weight excluding hydrogens is 160 g/mol. The zero-order chi connectivity index (χ0) is 10.1. The Morgan fingerprint density at radius 2 is 2.15 bits per heavy atom. The fourth-order valence-corrected chi connectivity index (χ4v) is 2.02. The summed E-state index contributed by atoms with van der Waals surface area (Å²) in [5, 5.41) is 0. The Kier molecular flexibility index (Phi) is 3.14. The largest absolute Gasteiger partial charge is 0.316 e. The minimum atomic E-state index is -0.114. The van der Waals surface area contributed by atoms with Crippen LogP contribution in [-0.4, -0.2) is 6.17 Å². The Balaban J connectivity index is 2.28. The molecule has 0 bridgehead atoms. The molecular formula is C11H22N2. The van der Waals surface area contributed by atoms with Crippen molar-refractivity contribution in [1.82, 2.24) is 0 Å². The fourth-order valence-electron chi connectivity index (χ4n) is 2.02. The lowest BCUT2D eigenvalue weighted by atomic mass is 9.98. The molecule has 0 aromatic carbocycles. The van der Waals surface area contributed by atoms with Gasteiger partial charge < -0.3 is 11.5 Å². The molecule has 1 saturated carbocycles. The SMILES string of the molecule is CC(C)=CCCC1(C)CC1C(N)N. The third kappa shape index (κ3) is 2.82. The highest BCUT2D eigenvalue weighted by Crippen LogP contribution is 2.56. The molecule has 2 atom stereocenters. The summed E-state index contributed by atoms with van der Waals surface area (Å²) in [6.45, 7) is 6.58. The molecule has 13 heavy (non-hydrogen) atoms. The van der Waals surface area contributed by atoms with E-state index in [1.165, 1.54) is 24.8 Å². The van der Waals surface area contributed by atoms with Crippen LogP contribution in [0, 0.1) is 11.3 Å². The third-order valence-electron chi connectivity index (χ3n) is 3.15. The maximum atomic E-state index is 5.67. The second-order valence-corrected chi connectivity index (χ2v) is 4.86. The second kappa shape index (κ2) is 3.81. The summed E-state index contributed by atoms with van der Waals surface area (Å²) in [5.74, 6) is 0.554. The Morgan fingerprint density at radius 1 is 1.54 bits per heavy atom. The van der Waals surface area contributed by atoms with E-state index in [9.17, 15) is 0 Å². The van der Waals surface area contributed by atoms with Gasteiger partial charge in [-0.05, 0) is 44.4 Å². The quantitative estimate of drug-likeness (QED) is 0.516. The lowest BCUT2D eigenvalue weighted by Gasteiger charge is -2.11. The van der Waals surface area contributed by atoms with Crippen LogP contribution in [0.1, 0.15) is 40.0 Å². The standard InChI is InChI=1S/C11H22N2/c1-8(2)5-4-6-11(3)7-9(11)10(12)13/h5,9-10H,4,6-7,12-13H2,1-3H3. The first-order chi connectivity index (χ1) is 5.96. The number of nitrogens with two attached hydrogens (primary N) is 2. The van der Waals surface area contributed by atoms with E-state index in [4.69, 9.17) is 11.5 Å². The molecule has 0 spiro atoms. The van der Waals surface area contributed by atoms with Crippen LogP contribution in [-0.2, 0) is 0 Å². The summed E-state index contributed by atoms with van der Waals surface area (Å²) < 4.78 is 0. The third-order valence-corrected chi connectivity index (χ3v) is 3.15. The van der Waals surface area contributed by atoms with E-state index in [0.717, 1.165) is 0 Å². The van der Waals surface area contributed by atoms with Gasteiger partial charge in [0.25, 0.3) is 0 Å². The molecule has 0 aromatic rings. The minimum Gasteiger partial charge on any atom is -0.316 e. The van der Waals surface area contributed by atoms with E-state index in [-0.39, 0.29) is 6.17 Å². The second-order valence-electron chi connectivity index (χ2n) is 4.86. The van der Waals surface area contributed by atoms with E-state index >= 15 is 0 Å². The van der Waals surface area contributed by atoms with Gasteiger partial charge in [0.2, 0.25) is 0 Å². The van der Waals surface area contributed by atoms with Crippen LogP contribution in [0.2, 0.25) is 0 Å². The van der Waals surface area contributed by atoms with Crippen molar-refractivity contribution in [3.8, 4) is 0 Å². The van der Waals surface area contributed by atoms with Crippen LogP contribution < -0.4 is 11.5 Å². The van der Waals surface area contributed by atoms with Gasteiger partial charge in [0.05, 0.1) is 6.17 Å². The Labute approximate surface area is 81.4 Å². The van der Waals surface area contributed by atoms with Crippen molar-refractivity contribution in [2.45, 2.75) is 46.2 Å². The molecule has 0 heterocycles. The first-order valence-corrected chi connectivity index (χ1v) is 5.10. The van der Waals surface area contributed by atoms with Gasteiger partial charge in [-0.2, -0.15) is 0 Å². The molecule has 1 rings (SSSR count). The molecule has 0 aromatic heterocycles.